The van der Waals surface area contributed by atoms with E-state index in [9.17, 15) is 4.79 Å². The van der Waals surface area contributed by atoms with Crippen molar-refractivity contribution in [3.05, 3.63) is 48.0 Å². The highest BCUT2D eigenvalue weighted by molar-refractivity contribution is 6.29. The van der Waals surface area contributed by atoms with Crippen LogP contribution in [0.1, 0.15) is 26.3 Å². The summed E-state index contributed by atoms with van der Waals surface area (Å²) in [6.45, 7) is 6.54. The minimum Gasteiger partial charge on any atom is -0.436 e. The number of hydrogen-bond acceptors (Lipinski definition) is 3. The van der Waals surface area contributed by atoms with Gasteiger partial charge in [-0.05, 0) is 41.3 Å². The van der Waals surface area contributed by atoms with Gasteiger partial charge in [-0.25, -0.2) is 4.98 Å². The van der Waals surface area contributed by atoms with Gasteiger partial charge in [0.2, 0.25) is 11.8 Å². The molecular formula is C19H19ClN2O2. The van der Waals surface area contributed by atoms with E-state index in [2.05, 4.69) is 43.2 Å². The SMILES string of the molecule is CC(C)(C)c1ccc(-c2nc3cc(NC(=O)CCl)ccc3o2)cc1. The zero-order valence-electron chi connectivity index (χ0n) is 13.9. The fourth-order valence-electron chi connectivity index (χ4n) is 2.44. The second-order valence-electron chi connectivity index (χ2n) is 6.71. The predicted octanol–water partition coefficient (Wildman–Crippen LogP) is 4.97. The highest BCUT2D eigenvalue weighted by atomic mass is 35.5. The largest absolute Gasteiger partial charge is 0.436 e. The lowest BCUT2D eigenvalue weighted by molar-refractivity contribution is -0.113. The van der Waals surface area contributed by atoms with Crippen LogP contribution in [0.25, 0.3) is 22.6 Å². The molecule has 5 heteroatoms. The summed E-state index contributed by atoms with van der Waals surface area (Å²) in [6.07, 6.45) is 0. The molecule has 1 N–H and O–H groups in total. The minimum atomic E-state index is -0.252. The number of benzene rings is 2. The van der Waals surface area contributed by atoms with E-state index < -0.39 is 0 Å². The molecule has 0 aliphatic rings. The third-order valence-corrected chi connectivity index (χ3v) is 4.03. The number of halogens is 1. The summed E-state index contributed by atoms with van der Waals surface area (Å²) < 4.78 is 5.82. The van der Waals surface area contributed by atoms with Crippen LogP contribution in [-0.4, -0.2) is 16.8 Å². The van der Waals surface area contributed by atoms with Crippen LogP contribution in [0.2, 0.25) is 0 Å². The summed E-state index contributed by atoms with van der Waals surface area (Å²) in [7, 11) is 0. The van der Waals surface area contributed by atoms with E-state index >= 15 is 0 Å². The fraction of sp³-hybridized carbons (Fsp3) is 0.263. The van der Waals surface area contributed by atoms with Gasteiger partial charge in [0.25, 0.3) is 0 Å². The first-order valence-electron chi connectivity index (χ1n) is 7.74. The predicted molar refractivity (Wildman–Crippen MR) is 97.5 cm³/mol. The van der Waals surface area contributed by atoms with E-state index in [1.165, 1.54) is 5.56 Å². The minimum absolute atomic E-state index is 0.0811. The van der Waals surface area contributed by atoms with Gasteiger partial charge >= 0.3 is 0 Å². The molecule has 0 atom stereocenters. The van der Waals surface area contributed by atoms with Crippen molar-refractivity contribution in [2.45, 2.75) is 26.2 Å². The Labute approximate surface area is 145 Å². The Morgan fingerprint density at radius 2 is 1.88 bits per heavy atom. The molecule has 0 aliphatic carbocycles. The lowest BCUT2D eigenvalue weighted by atomic mass is 9.87. The summed E-state index contributed by atoms with van der Waals surface area (Å²) in [4.78, 5) is 15.9. The van der Waals surface area contributed by atoms with Crippen molar-refractivity contribution in [3.63, 3.8) is 0 Å². The van der Waals surface area contributed by atoms with Crippen LogP contribution in [-0.2, 0) is 10.2 Å². The van der Waals surface area contributed by atoms with E-state index in [1.807, 2.05) is 12.1 Å². The van der Waals surface area contributed by atoms with Gasteiger partial charge < -0.3 is 9.73 Å². The average molecular weight is 343 g/mol. The number of nitrogens with zero attached hydrogens (tertiary/aromatic N) is 1. The third-order valence-electron chi connectivity index (χ3n) is 3.79. The lowest BCUT2D eigenvalue weighted by Crippen LogP contribution is -2.12. The number of carbonyl (C=O) groups excluding carboxylic acids is 1. The molecule has 3 aromatic rings. The van der Waals surface area contributed by atoms with Gasteiger partial charge in [-0.3, -0.25) is 4.79 Å². The second kappa shape index (κ2) is 6.29. The number of fused-ring (bicyclic) bond motifs is 1. The lowest BCUT2D eigenvalue weighted by Gasteiger charge is -2.18. The molecule has 0 spiro atoms. The molecular weight excluding hydrogens is 324 g/mol. The Morgan fingerprint density at radius 1 is 1.17 bits per heavy atom. The van der Waals surface area contributed by atoms with E-state index in [0.717, 1.165) is 5.56 Å². The first-order chi connectivity index (χ1) is 11.4. The fourth-order valence-corrected chi connectivity index (χ4v) is 2.50. The standard InChI is InChI=1S/C19H19ClN2O2/c1-19(2,3)13-6-4-12(5-7-13)18-22-15-10-14(21-17(23)11-20)8-9-16(15)24-18/h4-10H,11H2,1-3H3,(H,21,23). The molecule has 124 valence electrons. The van der Waals surface area contributed by atoms with Crippen LogP contribution in [0, 0.1) is 0 Å². The van der Waals surface area contributed by atoms with E-state index in [1.54, 1.807) is 18.2 Å². The molecule has 0 aliphatic heterocycles. The number of rotatable bonds is 3. The van der Waals surface area contributed by atoms with E-state index in [0.29, 0.717) is 22.7 Å². The zero-order chi connectivity index (χ0) is 17.3. The Hall–Kier alpha value is -2.33. The summed E-state index contributed by atoms with van der Waals surface area (Å²) in [5, 5.41) is 2.70. The van der Waals surface area contributed by atoms with Crippen molar-refractivity contribution < 1.29 is 9.21 Å². The first-order valence-corrected chi connectivity index (χ1v) is 8.27. The van der Waals surface area contributed by atoms with Gasteiger partial charge in [0.15, 0.2) is 5.58 Å². The van der Waals surface area contributed by atoms with Crippen molar-refractivity contribution >= 4 is 34.3 Å². The highest BCUT2D eigenvalue weighted by Crippen LogP contribution is 2.29. The first kappa shape index (κ1) is 16.5. The zero-order valence-corrected chi connectivity index (χ0v) is 14.6. The number of anilines is 1. The molecule has 0 fully saturated rings. The number of oxazole rings is 1. The second-order valence-corrected chi connectivity index (χ2v) is 6.98. The number of aromatic nitrogens is 1. The Morgan fingerprint density at radius 3 is 2.50 bits per heavy atom. The molecule has 4 nitrogen and oxygen atoms in total. The molecule has 0 radical (unpaired) electrons. The van der Waals surface area contributed by atoms with Gasteiger partial charge in [-0.15, -0.1) is 11.6 Å². The van der Waals surface area contributed by atoms with Crippen molar-refractivity contribution in [3.8, 4) is 11.5 Å². The molecule has 0 unspecified atom stereocenters. The molecule has 0 saturated carbocycles. The van der Waals surface area contributed by atoms with Crippen molar-refractivity contribution in [1.82, 2.24) is 4.98 Å². The molecule has 0 bridgehead atoms. The Balaban J connectivity index is 1.91. The quantitative estimate of drug-likeness (QED) is 0.684. The maximum Gasteiger partial charge on any atom is 0.239 e. The summed E-state index contributed by atoms with van der Waals surface area (Å²) in [5.41, 5.74) is 4.30. The van der Waals surface area contributed by atoms with Crippen LogP contribution in [0.3, 0.4) is 0 Å². The molecule has 2 aromatic carbocycles. The van der Waals surface area contributed by atoms with Crippen molar-refractivity contribution in [1.29, 1.82) is 0 Å². The number of amides is 1. The van der Waals surface area contributed by atoms with E-state index in [4.69, 9.17) is 16.0 Å². The van der Waals surface area contributed by atoms with Gasteiger partial charge in [0.05, 0.1) is 0 Å². The Kier molecular flexibility index (Phi) is 4.33. The summed E-state index contributed by atoms with van der Waals surface area (Å²) in [6, 6.07) is 13.6. The van der Waals surface area contributed by atoms with Crippen LogP contribution < -0.4 is 5.32 Å². The summed E-state index contributed by atoms with van der Waals surface area (Å²) in [5.74, 6) is 0.228. The van der Waals surface area contributed by atoms with Gasteiger partial charge in [0, 0.05) is 11.3 Å². The molecule has 1 heterocycles. The smallest absolute Gasteiger partial charge is 0.239 e. The van der Waals surface area contributed by atoms with E-state index in [-0.39, 0.29) is 17.2 Å². The topological polar surface area (TPSA) is 55.1 Å². The van der Waals surface area contributed by atoms with Crippen molar-refractivity contribution in [2.75, 3.05) is 11.2 Å². The van der Waals surface area contributed by atoms with Crippen LogP contribution in [0.4, 0.5) is 5.69 Å². The molecule has 24 heavy (non-hydrogen) atoms. The maximum atomic E-state index is 11.4. The number of alkyl halides is 1. The van der Waals surface area contributed by atoms with Gasteiger partial charge in [-0.2, -0.15) is 0 Å². The molecule has 3 rings (SSSR count). The Bertz CT molecular complexity index is 877. The third kappa shape index (κ3) is 3.44. The van der Waals surface area contributed by atoms with Crippen LogP contribution >= 0.6 is 11.6 Å². The molecule has 0 saturated heterocycles. The number of carbonyl (C=O) groups is 1. The number of hydrogen-bond donors (Lipinski definition) is 1. The highest BCUT2D eigenvalue weighted by Gasteiger charge is 2.15. The van der Waals surface area contributed by atoms with Crippen LogP contribution in [0.15, 0.2) is 46.9 Å². The van der Waals surface area contributed by atoms with Gasteiger partial charge in [-0.1, -0.05) is 32.9 Å². The summed E-state index contributed by atoms with van der Waals surface area (Å²) >= 11 is 5.50. The average Bonchev–Trinajstić information content (AvgIpc) is 2.97. The van der Waals surface area contributed by atoms with Crippen LogP contribution in [0.5, 0.6) is 0 Å². The maximum absolute atomic E-state index is 11.4. The molecule has 1 aromatic heterocycles. The number of nitrogens with one attached hydrogen (secondary N) is 1. The van der Waals surface area contributed by atoms with Crippen molar-refractivity contribution in [2.24, 2.45) is 0 Å². The van der Waals surface area contributed by atoms with Gasteiger partial charge in [0.1, 0.15) is 11.4 Å². The normalized spacial score (nSPS) is 11.7. The molecule has 1 amide bonds. The monoisotopic (exact) mass is 342 g/mol.